The molecule has 0 bridgehead atoms. The van der Waals surface area contributed by atoms with Crippen molar-refractivity contribution in [2.24, 2.45) is 5.92 Å². The summed E-state index contributed by atoms with van der Waals surface area (Å²) in [6.45, 7) is 8.01. The minimum atomic E-state index is -0.649. The molecule has 2 atom stereocenters. The Bertz CT molecular complexity index is 2120. The number of piperazine rings is 1. The number of imidazole rings is 1. The van der Waals surface area contributed by atoms with Crippen molar-refractivity contribution >= 4 is 34.7 Å². The number of benzene rings is 2. The Labute approximate surface area is 307 Å². The molecule has 5 aromatic rings. The summed E-state index contributed by atoms with van der Waals surface area (Å²) in [5.74, 6) is -0.628. The molecule has 276 valence electrons. The number of imide groups is 1. The van der Waals surface area contributed by atoms with Gasteiger partial charge in [0, 0.05) is 68.0 Å². The van der Waals surface area contributed by atoms with Gasteiger partial charge in [-0.15, -0.1) is 0 Å². The van der Waals surface area contributed by atoms with Crippen molar-refractivity contribution in [2.45, 2.75) is 76.8 Å². The van der Waals surface area contributed by atoms with Gasteiger partial charge in [-0.2, -0.15) is 5.10 Å². The summed E-state index contributed by atoms with van der Waals surface area (Å²) in [7, 11) is 0. The van der Waals surface area contributed by atoms with E-state index in [0.717, 1.165) is 56.3 Å². The third-order valence-corrected chi connectivity index (χ3v) is 11.5. The number of aryl methyl sites for hydroxylation is 1. The van der Waals surface area contributed by atoms with Crippen LogP contribution >= 0.6 is 0 Å². The summed E-state index contributed by atoms with van der Waals surface area (Å²) >= 11 is 0. The lowest BCUT2D eigenvalue weighted by molar-refractivity contribution is -0.134. The molecular formula is C40H45F2N9O2. The highest BCUT2D eigenvalue weighted by atomic mass is 19.1. The second kappa shape index (κ2) is 14.7. The zero-order chi connectivity index (χ0) is 36.6. The maximum absolute atomic E-state index is 14.7. The van der Waals surface area contributed by atoms with E-state index in [0.29, 0.717) is 53.6 Å². The van der Waals surface area contributed by atoms with E-state index in [9.17, 15) is 18.4 Å². The Morgan fingerprint density at radius 3 is 2.55 bits per heavy atom. The molecule has 3 aliphatic rings. The molecule has 0 spiro atoms. The summed E-state index contributed by atoms with van der Waals surface area (Å²) < 4.78 is 32.5. The number of amides is 2. The van der Waals surface area contributed by atoms with Gasteiger partial charge in [-0.25, -0.2) is 18.7 Å². The first-order valence-corrected chi connectivity index (χ1v) is 18.7. The summed E-state index contributed by atoms with van der Waals surface area (Å²) in [4.78, 5) is 37.9. The predicted octanol–water partition coefficient (Wildman–Crippen LogP) is 6.78. The normalized spacial score (nSPS) is 22.7. The highest BCUT2D eigenvalue weighted by Gasteiger charge is 2.30. The molecule has 8 rings (SSSR count). The van der Waals surface area contributed by atoms with Crippen LogP contribution in [0.2, 0.25) is 0 Å². The number of hydrogen-bond donors (Lipinski definition) is 2. The van der Waals surface area contributed by atoms with Gasteiger partial charge >= 0.3 is 0 Å². The Hall–Kier alpha value is -5.17. The molecule has 3 fully saturated rings. The van der Waals surface area contributed by atoms with Gasteiger partial charge in [0.15, 0.2) is 11.5 Å². The lowest BCUT2D eigenvalue weighted by Crippen LogP contribution is -2.52. The van der Waals surface area contributed by atoms with Crippen LogP contribution in [-0.2, 0) is 9.59 Å². The molecule has 3 aromatic heterocycles. The molecule has 0 radical (unpaired) electrons. The van der Waals surface area contributed by atoms with Crippen molar-refractivity contribution in [3.63, 3.8) is 0 Å². The molecule has 13 heteroatoms. The molecule has 5 heterocycles. The van der Waals surface area contributed by atoms with E-state index in [1.165, 1.54) is 31.0 Å². The van der Waals surface area contributed by atoms with Gasteiger partial charge in [0.25, 0.3) is 0 Å². The van der Waals surface area contributed by atoms with Crippen LogP contribution in [0.3, 0.4) is 0 Å². The van der Waals surface area contributed by atoms with Gasteiger partial charge < -0.3 is 10.2 Å². The first kappa shape index (κ1) is 34.9. The van der Waals surface area contributed by atoms with Crippen LogP contribution in [0.15, 0.2) is 67.4 Å². The first-order valence-electron chi connectivity index (χ1n) is 18.7. The molecular weight excluding hydrogens is 676 g/mol. The van der Waals surface area contributed by atoms with E-state index in [2.05, 4.69) is 54.1 Å². The van der Waals surface area contributed by atoms with E-state index >= 15 is 0 Å². The number of carbonyl (C=O) groups excluding carboxylic acids is 2. The number of piperidine rings is 1. The number of rotatable bonds is 9. The van der Waals surface area contributed by atoms with Gasteiger partial charge in [0.05, 0.1) is 35.7 Å². The van der Waals surface area contributed by atoms with Crippen LogP contribution in [0.25, 0.3) is 16.9 Å². The monoisotopic (exact) mass is 721 g/mol. The number of hydrogen-bond acceptors (Lipinski definition) is 8. The summed E-state index contributed by atoms with van der Waals surface area (Å²) in [5, 5.41) is 10.5. The average molecular weight is 722 g/mol. The molecule has 2 saturated heterocycles. The molecule has 2 N–H and O–H groups in total. The fraction of sp³-hybridized carbons (Fsp3) is 0.425. The number of fused-ring (bicyclic) bond motifs is 1. The van der Waals surface area contributed by atoms with Gasteiger partial charge in [-0.05, 0) is 94.2 Å². The van der Waals surface area contributed by atoms with Gasteiger partial charge in [-0.1, -0.05) is 12.1 Å². The first-order chi connectivity index (χ1) is 25.7. The van der Waals surface area contributed by atoms with Crippen LogP contribution < -0.4 is 15.5 Å². The molecule has 2 amide bonds. The number of halogens is 2. The third kappa shape index (κ3) is 7.26. The molecule has 1 saturated carbocycles. The number of aromatic nitrogens is 5. The Morgan fingerprint density at radius 2 is 1.77 bits per heavy atom. The maximum Gasteiger partial charge on any atom is 0.234 e. The quantitative estimate of drug-likeness (QED) is 0.160. The van der Waals surface area contributed by atoms with Gasteiger partial charge in [-0.3, -0.25) is 28.9 Å². The fourth-order valence-corrected chi connectivity index (χ4v) is 8.34. The molecule has 11 nitrogen and oxygen atoms in total. The lowest BCUT2D eigenvalue weighted by atomic mass is 9.84. The van der Waals surface area contributed by atoms with Crippen LogP contribution in [0.4, 0.5) is 26.0 Å². The number of nitrogens with one attached hydrogen (secondary N) is 2. The average Bonchev–Trinajstić information content (AvgIpc) is 3.84. The Morgan fingerprint density at radius 1 is 0.962 bits per heavy atom. The predicted molar refractivity (Wildman–Crippen MR) is 199 cm³/mol. The maximum atomic E-state index is 14.7. The highest BCUT2D eigenvalue weighted by molar-refractivity contribution is 6.01. The fourth-order valence-electron chi connectivity index (χ4n) is 8.34. The topological polar surface area (TPSA) is 113 Å². The minimum absolute atomic E-state index is 0.183. The van der Waals surface area contributed by atoms with Crippen molar-refractivity contribution in [3.8, 4) is 11.3 Å². The summed E-state index contributed by atoms with van der Waals surface area (Å²) in [6.07, 6.45) is 15.5. The summed E-state index contributed by atoms with van der Waals surface area (Å²) in [6, 6.07) is 11.5. The third-order valence-electron chi connectivity index (χ3n) is 11.5. The lowest BCUT2D eigenvalue weighted by Gasteiger charge is -2.42. The van der Waals surface area contributed by atoms with Crippen molar-refractivity contribution in [3.05, 3.63) is 90.1 Å². The van der Waals surface area contributed by atoms with Gasteiger partial charge in [0.1, 0.15) is 11.6 Å². The van der Waals surface area contributed by atoms with Crippen molar-refractivity contribution in [2.75, 3.05) is 36.4 Å². The molecule has 53 heavy (non-hydrogen) atoms. The molecule has 2 aliphatic heterocycles. The molecule has 1 unspecified atom stereocenters. The highest BCUT2D eigenvalue weighted by Crippen LogP contribution is 2.35. The van der Waals surface area contributed by atoms with E-state index in [-0.39, 0.29) is 23.3 Å². The minimum Gasteiger partial charge on any atom is -0.369 e. The van der Waals surface area contributed by atoms with Crippen LogP contribution in [-0.4, -0.2) is 73.1 Å². The van der Waals surface area contributed by atoms with Crippen molar-refractivity contribution in [1.82, 2.24) is 34.4 Å². The van der Waals surface area contributed by atoms with E-state index in [4.69, 9.17) is 5.10 Å². The second-order valence-electron chi connectivity index (χ2n) is 14.9. The Kier molecular flexibility index (Phi) is 9.67. The molecule has 2 aromatic carbocycles. The largest absolute Gasteiger partial charge is 0.369 e. The summed E-state index contributed by atoms with van der Waals surface area (Å²) in [5.41, 5.74) is 4.60. The zero-order valence-electron chi connectivity index (χ0n) is 30.1. The Balaban J connectivity index is 0.811. The van der Waals surface area contributed by atoms with Gasteiger partial charge in [0.2, 0.25) is 11.8 Å². The standard InChI is InChI=1S/C40H45F2N9O2/c1-25-19-33(35(42)20-34(25)41)36-22-44-38(39-43-14-16-50(36)39)46-29-21-45-51(24-29)31-7-3-27(4-8-31)13-15-48-17-18-49(23-26(48)2)30-9-5-28(6-10-30)32-11-12-37(52)47-40(32)53/h5-6,9-10,14,16,19-22,24,26-27,31-32H,3-4,7-8,11-13,15,17-18,23H2,1-2H3,(H,44,46)(H,47,52,53)/t26-,27?,31?,32?/m1/s1. The zero-order valence-corrected chi connectivity index (χ0v) is 30.1. The van der Waals surface area contributed by atoms with Crippen LogP contribution in [0, 0.1) is 24.5 Å². The van der Waals surface area contributed by atoms with E-state index in [1.807, 2.05) is 18.3 Å². The van der Waals surface area contributed by atoms with E-state index < -0.39 is 11.6 Å². The molecule has 1 aliphatic carbocycles. The van der Waals surface area contributed by atoms with Crippen molar-refractivity contribution in [1.29, 1.82) is 0 Å². The second-order valence-corrected chi connectivity index (χ2v) is 14.9. The number of anilines is 3. The van der Waals surface area contributed by atoms with Crippen LogP contribution in [0.5, 0.6) is 0 Å². The van der Waals surface area contributed by atoms with Crippen LogP contribution in [0.1, 0.15) is 75.0 Å². The number of carbonyl (C=O) groups is 2. The van der Waals surface area contributed by atoms with Crippen molar-refractivity contribution < 1.29 is 18.4 Å². The smallest absolute Gasteiger partial charge is 0.234 e. The number of nitrogens with zero attached hydrogens (tertiary/aromatic N) is 7. The SMILES string of the molecule is Cc1cc(-c2cnc(Nc3cnn(C4CCC(CCN5CCN(c6ccc(C7CCC(=O)NC7=O)cc6)C[C@H]5C)CC4)c3)c3nccn23)c(F)cc1F. The van der Waals surface area contributed by atoms with E-state index in [1.54, 1.807) is 36.1 Å².